The number of carbonyl (C=O) groups excluding carboxylic acids is 1. The second kappa shape index (κ2) is 6.92. The van der Waals surface area contributed by atoms with E-state index in [0.29, 0.717) is 18.8 Å². The van der Waals surface area contributed by atoms with Crippen molar-refractivity contribution in [3.05, 3.63) is 29.8 Å². The van der Waals surface area contributed by atoms with Crippen LogP contribution in [-0.4, -0.2) is 24.0 Å². The van der Waals surface area contributed by atoms with Crippen LogP contribution in [0.1, 0.15) is 32.3 Å². The summed E-state index contributed by atoms with van der Waals surface area (Å²) in [6.07, 6.45) is 1.10. The molecule has 0 aliphatic heterocycles. The molecule has 0 aliphatic rings. The topological polar surface area (TPSA) is 57.6 Å². The molecular formula is C15H21NO3. The maximum Gasteiger partial charge on any atom is 0.303 e. The minimum absolute atomic E-state index is 0.0744. The van der Waals surface area contributed by atoms with E-state index in [9.17, 15) is 9.59 Å². The third-order valence-corrected chi connectivity index (χ3v) is 2.88. The second-order valence-electron chi connectivity index (χ2n) is 5.11. The van der Waals surface area contributed by atoms with Crippen molar-refractivity contribution in [3.8, 4) is 0 Å². The summed E-state index contributed by atoms with van der Waals surface area (Å²) in [6, 6.07) is 7.47. The highest BCUT2D eigenvalue weighted by Gasteiger charge is 2.12. The number of aliphatic carboxylic acids is 1. The fourth-order valence-electron chi connectivity index (χ4n) is 1.80. The van der Waals surface area contributed by atoms with Gasteiger partial charge in [-0.2, -0.15) is 0 Å². The van der Waals surface area contributed by atoms with E-state index in [1.54, 1.807) is 11.9 Å². The molecule has 19 heavy (non-hydrogen) atoms. The summed E-state index contributed by atoms with van der Waals surface area (Å²) in [7, 11) is 1.75. The minimum Gasteiger partial charge on any atom is -0.481 e. The lowest BCUT2D eigenvalue weighted by molar-refractivity contribution is -0.137. The van der Waals surface area contributed by atoms with Gasteiger partial charge in [-0.15, -0.1) is 0 Å². The molecule has 1 aromatic carbocycles. The van der Waals surface area contributed by atoms with Crippen LogP contribution in [0.4, 0.5) is 5.69 Å². The molecule has 0 aromatic heterocycles. The highest BCUT2D eigenvalue weighted by Crippen LogP contribution is 2.18. The van der Waals surface area contributed by atoms with E-state index < -0.39 is 5.97 Å². The third-order valence-electron chi connectivity index (χ3n) is 2.88. The highest BCUT2D eigenvalue weighted by atomic mass is 16.4. The maximum atomic E-state index is 12.0. The number of amides is 1. The fraction of sp³-hybridized carbons (Fsp3) is 0.467. The number of nitrogens with zero attached hydrogens (tertiary/aromatic N) is 1. The van der Waals surface area contributed by atoms with Crippen molar-refractivity contribution in [3.63, 3.8) is 0 Å². The van der Waals surface area contributed by atoms with Gasteiger partial charge < -0.3 is 10.0 Å². The van der Waals surface area contributed by atoms with E-state index in [0.717, 1.165) is 11.3 Å². The number of carboxylic acids is 1. The van der Waals surface area contributed by atoms with Crippen LogP contribution in [0, 0.1) is 5.92 Å². The Morgan fingerprint density at radius 3 is 2.58 bits per heavy atom. The molecule has 4 heteroatoms. The van der Waals surface area contributed by atoms with E-state index in [2.05, 4.69) is 0 Å². The number of carboxylic acid groups (broad SMARTS) is 1. The van der Waals surface area contributed by atoms with Crippen LogP contribution in [0.5, 0.6) is 0 Å². The Bertz CT molecular complexity index is 454. The van der Waals surface area contributed by atoms with Gasteiger partial charge in [0.25, 0.3) is 0 Å². The first-order chi connectivity index (χ1) is 8.90. The molecule has 0 heterocycles. The fourth-order valence-corrected chi connectivity index (χ4v) is 1.80. The van der Waals surface area contributed by atoms with Crippen molar-refractivity contribution in [2.45, 2.75) is 33.1 Å². The molecule has 0 spiro atoms. The van der Waals surface area contributed by atoms with E-state index in [1.165, 1.54) is 0 Å². The molecule has 1 amide bonds. The van der Waals surface area contributed by atoms with E-state index >= 15 is 0 Å². The van der Waals surface area contributed by atoms with Crippen LogP contribution < -0.4 is 4.90 Å². The molecule has 0 radical (unpaired) electrons. The number of carbonyl (C=O) groups is 2. The predicted octanol–water partition coefficient (Wildman–Crippen LogP) is 2.71. The minimum atomic E-state index is -0.811. The third kappa shape index (κ3) is 5.12. The Kier molecular flexibility index (Phi) is 5.55. The van der Waals surface area contributed by atoms with E-state index in [4.69, 9.17) is 5.11 Å². The average molecular weight is 263 g/mol. The number of benzene rings is 1. The van der Waals surface area contributed by atoms with Gasteiger partial charge in [0.15, 0.2) is 0 Å². The van der Waals surface area contributed by atoms with Crippen molar-refractivity contribution >= 4 is 17.6 Å². The molecule has 1 rings (SSSR count). The zero-order valence-corrected chi connectivity index (χ0v) is 11.7. The summed E-state index contributed by atoms with van der Waals surface area (Å²) in [4.78, 5) is 24.1. The van der Waals surface area contributed by atoms with Gasteiger partial charge in [0.05, 0.1) is 0 Å². The first kappa shape index (κ1) is 15.2. The normalized spacial score (nSPS) is 10.5. The zero-order chi connectivity index (χ0) is 14.4. The largest absolute Gasteiger partial charge is 0.481 e. The summed E-state index contributed by atoms with van der Waals surface area (Å²) < 4.78 is 0. The van der Waals surface area contributed by atoms with Crippen molar-refractivity contribution in [1.29, 1.82) is 0 Å². The Morgan fingerprint density at radius 1 is 1.32 bits per heavy atom. The number of hydrogen-bond donors (Lipinski definition) is 1. The predicted molar refractivity (Wildman–Crippen MR) is 75.3 cm³/mol. The lowest BCUT2D eigenvalue weighted by Crippen LogP contribution is -2.27. The molecule has 1 N–H and O–H groups in total. The highest BCUT2D eigenvalue weighted by molar-refractivity contribution is 5.92. The van der Waals surface area contributed by atoms with Crippen LogP contribution in [0.15, 0.2) is 24.3 Å². The molecule has 0 aliphatic carbocycles. The molecule has 4 nitrogen and oxygen atoms in total. The van der Waals surface area contributed by atoms with E-state index in [-0.39, 0.29) is 12.3 Å². The van der Waals surface area contributed by atoms with Crippen LogP contribution in [-0.2, 0) is 16.0 Å². The number of aryl methyl sites for hydroxylation is 1. The molecule has 0 fully saturated rings. The standard InChI is InChI=1S/C15H21NO3/c1-11(2)9-14(17)16(3)13-6-4-5-12(10-13)7-8-15(18)19/h4-6,10-11H,7-9H2,1-3H3,(H,18,19). The van der Waals surface area contributed by atoms with Crippen LogP contribution in [0.2, 0.25) is 0 Å². The molecular weight excluding hydrogens is 242 g/mol. The lowest BCUT2D eigenvalue weighted by Gasteiger charge is -2.19. The van der Waals surface area contributed by atoms with E-state index in [1.807, 2.05) is 38.1 Å². The van der Waals surface area contributed by atoms with Gasteiger partial charge in [0, 0.05) is 25.6 Å². The molecule has 0 atom stereocenters. The van der Waals surface area contributed by atoms with Crippen molar-refractivity contribution in [2.24, 2.45) is 5.92 Å². The number of anilines is 1. The first-order valence-corrected chi connectivity index (χ1v) is 6.47. The van der Waals surface area contributed by atoms with Crippen molar-refractivity contribution in [2.75, 3.05) is 11.9 Å². The Balaban J connectivity index is 2.74. The Morgan fingerprint density at radius 2 is 2.00 bits per heavy atom. The molecule has 0 unspecified atom stereocenters. The van der Waals surface area contributed by atoms with Gasteiger partial charge in [0.1, 0.15) is 0 Å². The number of rotatable bonds is 6. The van der Waals surface area contributed by atoms with Crippen LogP contribution in [0.25, 0.3) is 0 Å². The lowest BCUT2D eigenvalue weighted by atomic mass is 10.1. The van der Waals surface area contributed by atoms with Gasteiger partial charge in [-0.1, -0.05) is 26.0 Å². The monoisotopic (exact) mass is 263 g/mol. The average Bonchev–Trinajstić information content (AvgIpc) is 2.35. The Labute approximate surface area is 114 Å². The molecule has 0 saturated carbocycles. The molecule has 1 aromatic rings. The molecule has 0 bridgehead atoms. The zero-order valence-electron chi connectivity index (χ0n) is 11.7. The summed E-state index contributed by atoms with van der Waals surface area (Å²) in [5.74, 6) is -0.412. The van der Waals surface area contributed by atoms with Gasteiger partial charge >= 0.3 is 5.97 Å². The van der Waals surface area contributed by atoms with Gasteiger partial charge in [-0.05, 0) is 30.0 Å². The SMILES string of the molecule is CC(C)CC(=O)N(C)c1cccc(CCC(=O)O)c1. The summed E-state index contributed by atoms with van der Waals surface area (Å²) in [5.41, 5.74) is 1.75. The number of hydrogen-bond acceptors (Lipinski definition) is 2. The smallest absolute Gasteiger partial charge is 0.303 e. The van der Waals surface area contributed by atoms with Crippen molar-refractivity contribution < 1.29 is 14.7 Å². The van der Waals surface area contributed by atoms with Gasteiger partial charge in [-0.25, -0.2) is 0 Å². The quantitative estimate of drug-likeness (QED) is 0.858. The summed E-state index contributed by atoms with van der Waals surface area (Å²) >= 11 is 0. The summed E-state index contributed by atoms with van der Waals surface area (Å²) in [5, 5.41) is 8.68. The van der Waals surface area contributed by atoms with Crippen LogP contribution >= 0.6 is 0 Å². The molecule has 0 saturated heterocycles. The maximum absolute atomic E-state index is 12.0. The summed E-state index contributed by atoms with van der Waals surface area (Å²) in [6.45, 7) is 4.02. The Hall–Kier alpha value is -1.84. The first-order valence-electron chi connectivity index (χ1n) is 6.47. The van der Waals surface area contributed by atoms with Crippen molar-refractivity contribution in [1.82, 2.24) is 0 Å². The van der Waals surface area contributed by atoms with Gasteiger partial charge in [-0.3, -0.25) is 9.59 Å². The van der Waals surface area contributed by atoms with Crippen LogP contribution in [0.3, 0.4) is 0 Å². The second-order valence-corrected chi connectivity index (χ2v) is 5.11. The van der Waals surface area contributed by atoms with Gasteiger partial charge in [0.2, 0.25) is 5.91 Å². The molecule has 104 valence electrons.